The normalized spacial score (nSPS) is 10.3. The van der Waals surface area contributed by atoms with E-state index in [-0.39, 0.29) is 6.03 Å². The number of hydrogen-bond donors (Lipinski definition) is 1. The lowest BCUT2D eigenvalue weighted by Crippen LogP contribution is -2.34. The molecule has 0 aliphatic rings. The second-order valence-corrected chi connectivity index (χ2v) is 5.68. The van der Waals surface area contributed by atoms with Crippen LogP contribution < -0.4 is 10.1 Å². The van der Waals surface area contributed by atoms with Crippen LogP contribution in [0.1, 0.15) is 5.56 Å². The number of carbonyl (C=O) groups excluding carboxylic acids is 1. The number of hydrogen-bond acceptors (Lipinski definition) is 3. The number of benzene rings is 2. The molecule has 2 amide bonds. The standard InChI is InChI=1S/C18H21ClN2O3/c1-21(11-12-24-16-9-7-15(19)8-10-16)18(22)20-17-6-4-3-5-14(17)13-23-2/h3-10H,11-13H2,1-2H3,(H,20,22). The van der Waals surface area contributed by atoms with E-state index < -0.39 is 0 Å². The summed E-state index contributed by atoms with van der Waals surface area (Å²) in [5.41, 5.74) is 1.67. The van der Waals surface area contributed by atoms with Crippen LogP contribution in [0.15, 0.2) is 48.5 Å². The molecule has 0 atom stereocenters. The van der Waals surface area contributed by atoms with E-state index in [1.807, 2.05) is 24.3 Å². The molecule has 0 bridgehead atoms. The number of urea groups is 1. The number of ether oxygens (including phenoxy) is 2. The number of likely N-dealkylation sites (N-methyl/N-ethyl adjacent to an activating group) is 1. The molecule has 0 aliphatic heterocycles. The van der Waals surface area contributed by atoms with Gasteiger partial charge in [-0.25, -0.2) is 4.79 Å². The lowest BCUT2D eigenvalue weighted by atomic mass is 10.2. The van der Waals surface area contributed by atoms with E-state index in [4.69, 9.17) is 21.1 Å². The highest BCUT2D eigenvalue weighted by molar-refractivity contribution is 6.30. The van der Waals surface area contributed by atoms with Crippen LogP contribution in [0.3, 0.4) is 0 Å². The van der Waals surface area contributed by atoms with Crippen LogP contribution in [0.25, 0.3) is 0 Å². The Balaban J connectivity index is 1.83. The maximum Gasteiger partial charge on any atom is 0.321 e. The van der Waals surface area contributed by atoms with Gasteiger partial charge in [-0.15, -0.1) is 0 Å². The molecule has 0 spiro atoms. The third-order valence-corrected chi connectivity index (χ3v) is 3.67. The predicted molar refractivity (Wildman–Crippen MR) is 95.8 cm³/mol. The molecule has 5 nitrogen and oxygen atoms in total. The zero-order valence-electron chi connectivity index (χ0n) is 13.8. The summed E-state index contributed by atoms with van der Waals surface area (Å²) in [4.78, 5) is 13.8. The number of methoxy groups -OCH3 is 1. The van der Waals surface area contributed by atoms with Gasteiger partial charge in [0.15, 0.2) is 0 Å². The van der Waals surface area contributed by atoms with Gasteiger partial charge < -0.3 is 19.7 Å². The molecule has 0 heterocycles. The van der Waals surface area contributed by atoms with Gasteiger partial charge in [0.2, 0.25) is 0 Å². The van der Waals surface area contributed by atoms with Crippen molar-refractivity contribution in [3.8, 4) is 5.75 Å². The summed E-state index contributed by atoms with van der Waals surface area (Å²) >= 11 is 5.82. The zero-order chi connectivity index (χ0) is 17.4. The number of anilines is 1. The minimum Gasteiger partial charge on any atom is -0.492 e. The quantitative estimate of drug-likeness (QED) is 0.821. The Labute approximate surface area is 147 Å². The second-order valence-electron chi connectivity index (χ2n) is 5.24. The molecule has 0 aromatic heterocycles. The highest BCUT2D eigenvalue weighted by atomic mass is 35.5. The molecule has 2 aromatic rings. The summed E-state index contributed by atoms with van der Waals surface area (Å²) in [6.07, 6.45) is 0. The SMILES string of the molecule is COCc1ccccc1NC(=O)N(C)CCOc1ccc(Cl)cc1. The van der Waals surface area contributed by atoms with Crippen molar-refractivity contribution in [2.24, 2.45) is 0 Å². The number of carbonyl (C=O) groups is 1. The highest BCUT2D eigenvalue weighted by Crippen LogP contribution is 2.17. The van der Waals surface area contributed by atoms with Crippen molar-refractivity contribution in [3.05, 3.63) is 59.1 Å². The van der Waals surface area contributed by atoms with E-state index in [0.29, 0.717) is 24.8 Å². The summed E-state index contributed by atoms with van der Waals surface area (Å²) < 4.78 is 10.7. The van der Waals surface area contributed by atoms with Crippen LogP contribution in [-0.2, 0) is 11.3 Å². The van der Waals surface area contributed by atoms with Gasteiger partial charge in [0, 0.05) is 30.4 Å². The number of halogens is 1. The fourth-order valence-electron chi connectivity index (χ4n) is 2.07. The van der Waals surface area contributed by atoms with E-state index >= 15 is 0 Å². The van der Waals surface area contributed by atoms with Crippen molar-refractivity contribution in [1.82, 2.24) is 4.90 Å². The summed E-state index contributed by atoms with van der Waals surface area (Å²) in [7, 11) is 3.35. The van der Waals surface area contributed by atoms with E-state index in [2.05, 4.69) is 5.32 Å². The van der Waals surface area contributed by atoms with Crippen molar-refractivity contribution in [2.75, 3.05) is 32.6 Å². The van der Waals surface area contributed by atoms with Crippen LogP contribution in [0.5, 0.6) is 5.75 Å². The van der Waals surface area contributed by atoms with Crippen LogP contribution in [0.4, 0.5) is 10.5 Å². The monoisotopic (exact) mass is 348 g/mol. The first kappa shape index (κ1) is 18.1. The molecule has 0 fully saturated rings. The van der Waals surface area contributed by atoms with Crippen molar-refractivity contribution in [2.45, 2.75) is 6.61 Å². The van der Waals surface area contributed by atoms with Gasteiger partial charge in [-0.2, -0.15) is 0 Å². The Morgan fingerprint density at radius 1 is 1.17 bits per heavy atom. The van der Waals surface area contributed by atoms with Crippen molar-refractivity contribution in [3.63, 3.8) is 0 Å². The molecule has 0 aliphatic carbocycles. The zero-order valence-corrected chi connectivity index (χ0v) is 14.5. The summed E-state index contributed by atoms with van der Waals surface area (Å²) in [6, 6.07) is 14.5. The smallest absolute Gasteiger partial charge is 0.321 e. The fraction of sp³-hybridized carbons (Fsp3) is 0.278. The largest absolute Gasteiger partial charge is 0.492 e. The maximum atomic E-state index is 12.3. The van der Waals surface area contributed by atoms with E-state index in [1.165, 1.54) is 0 Å². The van der Waals surface area contributed by atoms with E-state index in [9.17, 15) is 4.79 Å². The predicted octanol–water partition coefficient (Wildman–Crippen LogP) is 4.03. The minimum absolute atomic E-state index is 0.196. The average molecular weight is 349 g/mol. The first-order valence-corrected chi connectivity index (χ1v) is 7.95. The molecule has 128 valence electrons. The van der Waals surface area contributed by atoms with Gasteiger partial charge >= 0.3 is 6.03 Å². The van der Waals surface area contributed by atoms with Crippen LogP contribution in [-0.4, -0.2) is 38.2 Å². The Bertz CT molecular complexity index is 662. The molecule has 2 aromatic carbocycles. The van der Waals surface area contributed by atoms with Gasteiger partial charge in [-0.3, -0.25) is 0 Å². The van der Waals surface area contributed by atoms with Gasteiger partial charge in [0.05, 0.1) is 13.2 Å². The number of nitrogens with zero attached hydrogens (tertiary/aromatic N) is 1. The third kappa shape index (κ3) is 5.44. The highest BCUT2D eigenvalue weighted by Gasteiger charge is 2.11. The second kappa shape index (κ2) is 9.15. The van der Waals surface area contributed by atoms with Gasteiger partial charge in [0.25, 0.3) is 0 Å². The number of amides is 2. The Morgan fingerprint density at radius 3 is 2.58 bits per heavy atom. The van der Waals surface area contributed by atoms with Crippen LogP contribution >= 0.6 is 11.6 Å². The van der Waals surface area contributed by atoms with Crippen molar-refractivity contribution < 1.29 is 14.3 Å². The molecule has 1 N–H and O–H groups in total. The number of rotatable bonds is 7. The molecular weight excluding hydrogens is 328 g/mol. The van der Waals surface area contributed by atoms with Gasteiger partial charge in [0.1, 0.15) is 12.4 Å². The first-order valence-electron chi connectivity index (χ1n) is 7.57. The topological polar surface area (TPSA) is 50.8 Å². The molecule has 6 heteroatoms. The van der Waals surface area contributed by atoms with Gasteiger partial charge in [-0.1, -0.05) is 29.8 Å². The summed E-state index contributed by atoms with van der Waals surface area (Å²) in [6.45, 7) is 1.30. The fourth-order valence-corrected chi connectivity index (χ4v) is 2.19. The molecule has 0 radical (unpaired) electrons. The molecule has 0 unspecified atom stereocenters. The van der Waals surface area contributed by atoms with Crippen LogP contribution in [0.2, 0.25) is 5.02 Å². The molecule has 2 rings (SSSR count). The van der Waals surface area contributed by atoms with E-state index in [0.717, 1.165) is 17.0 Å². The molecule has 0 saturated heterocycles. The maximum absolute atomic E-state index is 12.3. The number of para-hydroxylation sites is 1. The number of nitrogens with one attached hydrogen (secondary N) is 1. The molecule has 24 heavy (non-hydrogen) atoms. The average Bonchev–Trinajstić information content (AvgIpc) is 2.58. The van der Waals surface area contributed by atoms with E-state index in [1.54, 1.807) is 43.3 Å². The lowest BCUT2D eigenvalue weighted by Gasteiger charge is -2.19. The molecular formula is C18H21ClN2O3. The van der Waals surface area contributed by atoms with Crippen molar-refractivity contribution in [1.29, 1.82) is 0 Å². The third-order valence-electron chi connectivity index (χ3n) is 3.41. The first-order chi connectivity index (χ1) is 11.6. The molecule has 0 saturated carbocycles. The Kier molecular flexibility index (Phi) is 6.90. The van der Waals surface area contributed by atoms with Crippen molar-refractivity contribution >= 4 is 23.3 Å². The summed E-state index contributed by atoms with van der Waals surface area (Å²) in [5.74, 6) is 0.721. The summed E-state index contributed by atoms with van der Waals surface area (Å²) in [5, 5.41) is 3.55. The van der Waals surface area contributed by atoms with Gasteiger partial charge in [-0.05, 0) is 30.3 Å². The minimum atomic E-state index is -0.196. The van der Waals surface area contributed by atoms with Crippen LogP contribution in [0, 0.1) is 0 Å². The lowest BCUT2D eigenvalue weighted by molar-refractivity contribution is 0.185. The Morgan fingerprint density at radius 2 is 1.88 bits per heavy atom. The Hall–Kier alpha value is -2.24.